The molecule has 0 radical (unpaired) electrons. The topological polar surface area (TPSA) is 53.4 Å². The fourth-order valence-electron chi connectivity index (χ4n) is 2.85. The van der Waals surface area contributed by atoms with Gasteiger partial charge in [-0.1, -0.05) is 0 Å². The number of likely N-dealkylation sites (N-methyl/N-ethyl adjacent to an activating group) is 1. The molecule has 0 aromatic carbocycles. The first-order valence-electron chi connectivity index (χ1n) is 7.23. The molecular weight excluding hydrogens is 299 g/mol. The third kappa shape index (κ3) is 2.70. The Kier molecular flexibility index (Phi) is 3.85. The molecule has 1 amide bonds. The van der Waals surface area contributed by atoms with Crippen LogP contribution in [0, 0.1) is 0 Å². The monoisotopic (exact) mass is 317 g/mol. The van der Waals surface area contributed by atoms with Gasteiger partial charge >= 0.3 is 6.18 Å². The van der Waals surface area contributed by atoms with E-state index in [-0.39, 0.29) is 18.8 Å². The molecule has 0 aliphatic carbocycles. The van der Waals surface area contributed by atoms with Crippen LogP contribution in [0.15, 0.2) is 0 Å². The normalized spacial score (nSPS) is 20.1. The van der Waals surface area contributed by atoms with Crippen LogP contribution in [0.4, 0.5) is 13.2 Å². The Morgan fingerprint density at radius 2 is 1.86 bits per heavy atom. The number of rotatable bonds is 1. The highest BCUT2D eigenvalue weighted by molar-refractivity contribution is 5.93. The Morgan fingerprint density at radius 3 is 2.50 bits per heavy atom. The number of alkyl halides is 3. The summed E-state index contributed by atoms with van der Waals surface area (Å²) in [6.07, 6.45) is -4.55. The predicted molar refractivity (Wildman–Crippen MR) is 72.3 cm³/mol. The summed E-state index contributed by atoms with van der Waals surface area (Å²) in [5.74, 6) is -1.38. The molecule has 1 aromatic heterocycles. The van der Waals surface area contributed by atoms with Crippen molar-refractivity contribution < 1.29 is 18.0 Å². The summed E-state index contributed by atoms with van der Waals surface area (Å²) in [5, 5.41) is 3.00. The molecule has 0 atom stereocenters. The van der Waals surface area contributed by atoms with Crippen LogP contribution >= 0.6 is 0 Å². The van der Waals surface area contributed by atoms with Crippen LogP contribution in [-0.2, 0) is 19.3 Å². The van der Waals surface area contributed by atoms with Crippen LogP contribution in [-0.4, -0.2) is 65.0 Å². The van der Waals surface area contributed by atoms with Crippen LogP contribution < -0.4 is 5.32 Å². The van der Waals surface area contributed by atoms with E-state index in [9.17, 15) is 18.0 Å². The lowest BCUT2D eigenvalue weighted by Crippen LogP contribution is -2.47. The number of hydrogen-bond donors (Lipinski definition) is 1. The van der Waals surface area contributed by atoms with Gasteiger partial charge in [0, 0.05) is 45.8 Å². The zero-order valence-electron chi connectivity index (χ0n) is 12.3. The van der Waals surface area contributed by atoms with Crippen LogP contribution in [0.3, 0.4) is 0 Å². The van der Waals surface area contributed by atoms with E-state index in [1.54, 1.807) is 4.90 Å². The second kappa shape index (κ2) is 5.54. The average Bonchev–Trinajstić information content (AvgIpc) is 2.87. The lowest BCUT2D eigenvalue weighted by Gasteiger charge is -2.32. The summed E-state index contributed by atoms with van der Waals surface area (Å²) in [5.41, 5.74) is 0.270. The van der Waals surface area contributed by atoms with Crippen molar-refractivity contribution in [3.8, 4) is 0 Å². The van der Waals surface area contributed by atoms with E-state index in [0.717, 1.165) is 4.57 Å². The Morgan fingerprint density at radius 1 is 1.18 bits per heavy atom. The highest BCUT2D eigenvalue weighted by atomic mass is 19.4. The van der Waals surface area contributed by atoms with Crippen LogP contribution in [0.5, 0.6) is 0 Å². The molecule has 3 rings (SSSR count). The molecule has 1 saturated heterocycles. The van der Waals surface area contributed by atoms with Crippen molar-refractivity contribution in [3.63, 3.8) is 0 Å². The summed E-state index contributed by atoms with van der Waals surface area (Å²) in [6, 6.07) is 0. The molecule has 2 aliphatic heterocycles. The summed E-state index contributed by atoms with van der Waals surface area (Å²) < 4.78 is 40.5. The van der Waals surface area contributed by atoms with E-state index in [4.69, 9.17) is 0 Å². The number of piperazine rings is 1. The van der Waals surface area contributed by atoms with E-state index < -0.39 is 17.9 Å². The summed E-state index contributed by atoms with van der Waals surface area (Å²) in [4.78, 5) is 19.9. The molecule has 9 heteroatoms. The number of carbonyl (C=O) groups excluding carboxylic acids is 1. The van der Waals surface area contributed by atoms with Crippen LogP contribution in [0.25, 0.3) is 0 Å². The Balaban J connectivity index is 1.93. The summed E-state index contributed by atoms with van der Waals surface area (Å²) >= 11 is 0. The lowest BCUT2D eigenvalue weighted by atomic mass is 10.2. The number of carbonyl (C=O) groups is 1. The molecule has 122 valence electrons. The van der Waals surface area contributed by atoms with Gasteiger partial charge in [-0.25, -0.2) is 4.98 Å². The second-order valence-electron chi connectivity index (χ2n) is 5.65. The Hall–Kier alpha value is -1.61. The molecule has 0 bridgehead atoms. The van der Waals surface area contributed by atoms with Crippen molar-refractivity contribution in [1.82, 2.24) is 24.7 Å². The van der Waals surface area contributed by atoms with Crippen molar-refractivity contribution in [2.24, 2.45) is 0 Å². The minimum Gasteiger partial charge on any atom is -0.335 e. The van der Waals surface area contributed by atoms with E-state index in [1.807, 2.05) is 7.05 Å². The smallest absolute Gasteiger partial charge is 0.335 e. The number of nitrogens with one attached hydrogen (secondary N) is 1. The van der Waals surface area contributed by atoms with Gasteiger partial charge in [-0.3, -0.25) is 4.79 Å². The third-order valence-electron chi connectivity index (χ3n) is 4.12. The van der Waals surface area contributed by atoms with Crippen LogP contribution in [0.1, 0.15) is 22.0 Å². The molecule has 6 nitrogen and oxygen atoms in total. The predicted octanol–water partition coefficient (Wildman–Crippen LogP) is 0.393. The maximum Gasteiger partial charge on any atom is 0.449 e. The van der Waals surface area contributed by atoms with Gasteiger partial charge in [0.2, 0.25) is 5.82 Å². The number of nitrogens with zero attached hydrogens (tertiary/aromatic N) is 4. The maximum atomic E-state index is 13.1. The first-order valence-corrected chi connectivity index (χ1v) is 7.23. The number of hydrogen-bond acceptors (Lipinski definition) is 4. The zero-order chi connectivity index (χ0) is 15.9. The van der Waals surface area contributed by atoms with E-state index in [2.05, 4.69) is 15.2 Å². The van der Waals surface area contributed by atoms with E-state index in [0.29, 0.717) is 38.4 Å². The fraction of sp³-hybridized carbons (Fsp3) is 0.692. The van der Waals surface area contributed by atoms with Crippen LogP contribution in [0.2, 0.25) is 0 Å². The lowest BCUT2D eigenvalue weighted by molar-refractivity contribution is -0.147. The van der Waals surface area contributed by atoms with Crippen molar-refractivity contribution in [2.45, 2.75) is 19.3 Å². The summed E-state index contributed by atoms with van der Waals surface area (Å²) in [7, 11) is 1.95. The fourth-order valence-corrected chi connectivity index (χ4v) is 2.85. The number of amides is 1. The highest BCUT2D eigenvalue weighted by Gasteiger charge is 2.41. The maximum absolute atomic E-state index is 13.1. The van der Waals surface area contributed by atoms with Gasteiger partial charge in [-0.05, 0) is 7.05 Å². The third-order valence-corrected chi connectivity index (χ3v) is 4.12. The molecule has 1 fully saturated rings. The standard InChI is InChI=1S/C13H18F3N5O/c1-19-4-6-20(7-5-19)11(22)10-9-8-17-2-3-21(9)12(18-10)13(14,15)16/h17H,2-8H2,1H3. The first kappa shape index (κ1) is 15.3. The molecule has 0 spiro atoms. The highest BCUT2D eigenvalue weighted by Crippen LogP contribution is 2.31. The van der Waals surface area contributed by atoms with Gasteiger partial charge in [0.1, 0.15) is 0 Å². The number of halogens is 3. The van der Waals surface area contributed by atoms with E-state index in [1.165, 1.54) is 0 Å². The Bertz CT molecular complexity index is 575. The zero-order valence-corrected chi connectivity index (χ0v) is 12.3. The first-order chi connectivity index (χ1) is 10.4. The van der Waals surface area contributed by atoms with Crippen molar-refractivity contribution in [2.75, 3.05) is 39.8 Å². The minimum absolute atomic E-state index is 0.0657. The average molecular weight is 317 g/mol. The second-order valence-corrected chi connectivity index (χ2v) is 5.65. The SMILES string of the molecule is CN1CCN(C(=O)c2nc(C(F)(F)F)n3c2CNCC3)CC1. The molecule has 3 heterocycles. The van der Waals surface area contributed by atoms with Gasteiger partial charge in [-0.15, -0.1) is 0 Å². The van der Waals surface area contributed by atoms with Gasteiger partial charge in [0.15, 0.2) is 5.69 Å². The van der Waals surface area contributed by atoms with Gasteiger partial charge in [-0.2, -0.15) is 13.2 Å². The van der Waals surface area contributed by atoms with Crippen molar-refractivity contribution >= 4 is 5.91 Å². The quantitative estimate of drug-likeness (QED) is 0.814. The molecule has 22 heavy (non-hydrogen) atoms. The van der Waals surface area contributed by atoms with Crippen molar-refractivity contribution in [1.29, 1.82) is 0 Å². The molecule has 0 unspecified atom stereocenters. The minimum atomic E-state index is -4.55. The largest absolute Gasteiger partial charge is 0.449 e. The molecular formula is C13H18F3N5O. The number of aromatic nitrogens is 2. The van der Waals surface area contributed by atoms with Crippen molar-refractivity contribution in [3.05, 3.63) is 17.2 Å². The summed E-state index contributed by atoms with van der Waals surface area (Å²) in [6.45, 7) is 3.30. The molecule has 1 aromatic rings. The Labute approximate surface area is 125 Å². The molecule has 0 saturated carbocycles. The molecule has 2 aliphatic rings. The number of imidazole rings is 1. The van der Waals surface area contributed by atoms with Gasteiger partial charge in [0.25, 0.3) is 5.91 Å². The number of fused-ring (bicyclic) bond motifs is 1. The molecule has 1 N–H and O–H groups in total. The van der Waals surface area contributed by atoms with E-state index >= 15 is 0 Å². The van der Waals surface area contributed by atoms with Gasteiger partial charge in [0.05, 0.1) is 5.69 Å². The van der Waals surface area contributed by atoms with Gasteiger partial charge < -0.3 is 19.7 Å².